The maximum Gasteiger partial charge on any atom is 0.0448 e. The smallest absolute Gasteiger partial charge is 0.0448 e. The second-order valence-electron chi connectivity index (χ2n) is 4.40. The van der Waals surface area contributed by atoms with Gasteiger partial charge in [0.05, 0.1) is 0 Å². The topological polar surface area (TPSA) is 45.1 Å². The molecule has 0 aliphatic heterocycles. The first-order valence-electron chi connectivity index (χ1n) is 5.39. The number of aliphatic hydroxyl groups is 1. The van der Waals surface area contributed by atoms with Crippen LogP contribution in [0, 0.1) is 0 Å². The molecular formula is C12H20N2O. The van der Waals surface area contributed by atoms with E-state index in [2.05, 4.69) is 30.2 Å². The molecule has 2 N–H and O–H groups in total. The van der Waals surface area contributed by atoms with E-state index in [1.165, 1.54) is 5.56 Å². The van der Waals surface area contributed by atoms with Crippen molar-refractivity contribution in [2.24, 2.45) is 0 Å². The molecule has 0 aromatic carbocycles. The lowest BCUT2D eigenvalue weighted by molar-refractivity contribution is 0.231. The van der Waals surface area contributed by atoms with Gasteiger partial charge in [-0.3, -0.25) is 4.98 Å². The summed E-state index contributed by atoms with van der Waals surface area (Å²) in [5.74, 6) is 0. The van der Waals surface area contributed by atoms with Crippen molar-refractivity contribution in [3.8, 4) is 0 Å². The lowest BCUT2D eigenvalue weighted by atomic mass is 10.0. The molecule has 0 saturated heterocycles. The molecule has 1 aromatic rings. The summed E-state index contributed by atoms with van der Waals surface area (Å²) in [4.78, 5) is 4.07. The van der Waals surface area contributed by atoms with Crippen molar-refractivity contribution in [2.75, 3.05) is 13.2 Å². The van der Waals surface area contributed by atoms with E-state index in [1.807, 2.05) is 12.3 Å². The molecule has 1 aromatic heterocycles. The first kappa shape index (κ1) is 12.1. The maximum absolute atomic E-state index is 8.87. The zero-order chi connectivity index (χ0) is 11.1. The molecule has 0 saturated carbocycles. The normalized spacial score (nSPS) is 11.7. The number of hydrogen-bond donors (Lipinski definition) is 2. The largest absolute Gasteiger partial charge is 0.396 e. The van der Waals surface area contributed by atoms with Crippen molar-refractivity contribution >= 4 is 0 Å². The third-order valence-corrected chi connectivity index (χ3v) is 2.48. The quantitative estimate of drug-likeness (QED) is 0.742. The van der Waals surface area contributed by atoms with Gasteiger partial charge in [-0.2, -0.15) is 0 Å². The van der Waals surface area contributed by atoms with Crippen molar-refractivity contribution in [2.45, 2.75) is 32.2 Å². The van der Waals surface area contributed by atoms with E-state index in [1.54, 1.807) is 6.20 Å². The minimum absolute atomic E-state index is 0.0109. The highest BCUT2D eigenvalue weighted by atomic mass is 16.3. The van der Waals surface area contributed by atoms with Crippen molar-refractivity contribution in [1.29, 1.82) is 0 Å². The molecule has 0 unspecified atom stereocenters. The standard InChI is InChI=1S/C12H20N2O/c1-12(2,6-9-15)14-8-5-11-4-3-7-13-10-11/h3-4,7,10,14-15H,5-6,8-9H2,1-2H3. The van der Waals surface area contributed by atoms with Gasteiger partial charge in [-0.25, -0.2) is 0 Å². The Bertz CT molecular complexity index is 272. The first-order chi connectivity index (χ1) is 7.14. The number of aliphatic hydroxyl groups excluding tert-OH is 1. The van der Waals surface area contributed by atoms with Crippen LogP contribution in [-0.2, 0) is 6.42 Å². The van der Waals surface area contributed by atoms with Crippen LogP contribution < -0.4 is 5.32 Å². The van der Waals surface area contributed by atoms with E-state index in [9.17, 15) is 0 Å². The van der Waals surface area contributed by atoms with E-state index < -0.39 is 0 Å². The fraction of sp³-hybridized carbons (Fsp3) is 0.583. The molecule has 1 heterocycles. The van der Waals surface area contributed by atoms with E-state index in [4.69, 9.17) is 5.11 Å². The van der Waals surface area contributed by atoms with Crippen LogP contribution in [0.3, 0.4) is 0 Å². The van der Waals surface area contributed by atoms with Crippen LogP contribution >= 0.6 is 0 Å². The maximum atomic E-state index is 8.87. The Morgan fingerprint density at radius 1 is 1.47 bits per heavy atom. The zero-order valence-electron chi connectivity index (χ0n) is 9.53. The lowest BCUT2D eigenvalue weighted by Crippen LogP contribution is -2.41. The SMILES string of the molecule is CC(C)(CCO)NCCc1cccnc1. The Kier molecular flexibility index (Phi) is 4.72. The van der Waals surface area contributed by atoms with Crippen LogP contribution in [-0.4, -0.2) is 28.8 Å². The highest BCUT2D eigenvalue weighted by Gasteiger charge is 2.14. The van der Waals surface area contributed by atoms with Gasteiger partial charge in [-0.05, 0) is 44.9 Å². The lowest BCUT2D eigenvalue weighted by Gasteiger charge is -2.25. The molecule has 0 aliphatic carbocycles. The van der Waals surface area contributed by atoms with Crippen LogP contribution in [0.5, 0.6) is 0 Å². The predicted molar refractivity (Wildman–Crippen MR) is 61.7 cm³/mol. The molecule has 0 aliphatic rings. The summed E-state index contributed by atoms with van der Waals surface area (Å²) in [6.45, 7) is 5.35. The number of rotatable bonds is 6. The predicted octanol–water partition coefficient (Wildman–Crippen LogP) is 1.37. The number of nitrogens with zero attached hydrogens (tertiary/aromatic N) is 1. The molecule has 0 bridgehead atoms. The van der Waals surface area contributed by atoms with Crippen molar-refractivity contribution in [1.82, 2.24) is 10.3 Å². The molecule has 1 rings (SSSR count). The second-order valence-corrected chi connectivity index (χ2v) is 4.40. The third-order valence-electron chi connectivity index (χ3n) is 2.48. The highest BCUT2D eigenvalue weighted by molar-refractivity contribution is 5.08. The van der Waals surface area contributed by atoms with Gasteiger partial charge >= 0.3 is 0 Å². The Morgan fingerprint density at radius 2 is 2.27 bits per heavy atom. The summed E-state index contributed by atoms with van der Waals surface area (Å²) in [6.07, 6.45) is 5.43. The van der Waals surface area contributed by atoms with Gasteiger partial charge in [0.15, 0.2) is 0 Å². The number of pyridine rings is 1. The summed E-state index contributed by atoms with van der Waals surface area (Å²) in [5, 5.41) is 12.3. The highest BCUT2D eigenvalue weighted by Crippen LogP contribution is 2.07. The average Bonchev–Trinajstić information content (AvgIpc) is 2.19. The van der Waals surface area contributed by atoms with Crippen LogP contribution in [0.15, 0.2) is 24.5 Å². The molecule has 0 radical (unpaired) electrons. The number of nitrogens with one attached hydrogen (secondary N) is 1. The summed E-state index contributed by atoms with van der Waals surface area (Å²) >= 11 is 0. The van der Waals surface area contributed by atoms with Gasteiger partial charge in [0.25, 0.3) is 0 Å². The third kappa shape index (κ3) is 4.91. The number of hydrogen-bond acceptors (Lipinski definition) is 3. The molecule has 0 spiro atoms. The van der Waals surface area contributed by atoms with Gasteiger partial charge in [0.2, 0.25) is 0 Å². The van der Waals surface area contributed by atoms with E-state index >= 15 is 0 Å². The molecular weight excluding hydrogens is 188 g/mol. The van der Waals surface area contributed by atoms with E-state index in [-0.39, 0.29) is 12.1 Å². The van der Waals surface area contributed by atoms with Gasteiger partial charge < -0.3 is 10.4 Å². The minimum Gasteiger partial charge on any atom is -0.396 e. The summed E-state index contributed by atoms with van der Waals surface area (Å²) in [6, 6.07) is 4.03. The van der Waals surface area contributed by atoms with Gasteiger partial charge in [0.1, 0.15) is 0 Å². The molecule has 3 heteroatoms. The molecule has 15 heavy (non-hydrogen) atoms. The van der Waals surface area contributed by atoms with Crippen molar-refractivity contribution < 1.29 is 5.11 Å². The second kappa shape index (κ2) is 5.83. The Labute approximate surface area is 91.5 Å². The molecule has 84 valence electrons. The zero-order valence-corrected chi connectivity index (χ0v) is 9.53. The van der Waals surface area contributed by atoms with Crippen LogP contribution in [0.1, 0.15) is 25.8 Å². The van der Waals surface area contributed by atoms with Gasteiger partial charge in [-0.1, -0.05) is 6.07 Å². The molecule has 3 nitrogen and oxygen atoms in total. The Balaban J connectivity index is 2.27. The van der Waals surface area contributed by atoms with Crippen molar-refractivity contribution in [3.63, 3.8) is 0 Å². The van der Waals surface area contributed by atoms with Crippen molar-refractivity contribution in [3.05, 3.63) is 30.1 Å². The van der Waals surface area contributed by atoms with Gasteiger partial charge in [-0.15, -0.1) is 0 Å². The molecule has 0 amide bonds. The monoisotopic (exact) mass is 208 g/mol. The fourth-order valence-electron chi connectivity index (χ4n) is 1.46. The minimum atomic E-state index is 0.0109. The summed E-state index contributed by atoms with van der Waals surface area (Å²) in [7, 11) is 0. The van der Waals surface area contributed by atoms with Crippen LogP contribution in [0.25, 0.3) is 0 Å². The van der Waals surface area contributed by atoms with E-state index in [0.717, 1.165) is 19.4 Å². The summed E-state index contributed by atoms with van der Waals surface area (Å²) in [5.41, 5.74) is 1.25. The van der Waals surface area contributed by atoms with Gasteiger partial charge in [0, 0.05) is 24.5 Å². The van der Waals surface area contributed by atoms with E-state index in [0.29, 0.717) is 0 Å². The Hall–Kier alpha value is -0.930. The van der Waals surface area contributed by atoms with Crippen LogP contribution in [0.4, 0.5) is 0 Å². The fourth-order valence-corrected chi connectivity index (χ4v) is 1.46. The Morgan fingerprint density at radius 3 is 2.87 bits per heavy atom. The molecule has 0 atom stereocenters. The first-order valence-corrected chi connectivity index (χ1v) is 5.39. The molecule has 0 fully saturated rings. The average molecular weight is 208 g/mol. The summed E-state index contributed by atoms with van der Waals surface area (Å²) < 4.78 is 0. The number of aromatic nitrogens is 1. The van der Waals surface area contributed by atoms with Crippen LogP contribution in [0.2, 0.25) is 0 Å².